The standard InChI is InChI=1S/C27H37NO2/c1-4-5-6-9-17-25-18-13-16-23(2)14-8-7-10-19-26(29)22-21-24(3)15-11-12-20-27(30)28-25/h6-16,18,20-21,25-26,29H,4-5,17,19,22H2,1-3H3,(H,28,30)/b9-6+,10-7-,14-8+,15-11+,18-13+,20-12+,23-16+,24-21+. The molecule has 1 aliphatic heterocycles. The normalized spacial score (nSPS) is 30.9. The van der Waals surface area contributed by atoms with Gasteiger partial charge in [0.1, 0.15) is 0 Å². The summed E-state index contributed by atoms with van der Waals surface area (Å²) in [6.07, 6.45) is 31.1. The summed E-state index contributed by atoms with van der Waals surface area (Å²) in [5.41, 5.74) is 2.17. The lowest BCUT2D eigenvalue weighted by Gasteiger charge is -2.11. The molecule has 1 amide bonds. The summed E-state index contributed by atoms with van der Waals surface area (Å²) in [7, 11) is 0. The number of carbonyl (C=O) groups excluding carboxylic acids is 1. The van der Waals surface area contributed by atoms with Gasteiger partial charge in [0, 0.05) is 6.08 Å². The lowest BCUT2D eigenvalue weighted by Crippen LogP contribution is -2.31. The van der Waals surface area contributed by atoms with E-state index in [0.717, 1.165) is 30.4 Å². The molecule has 0 aromatic heterocycles. The van der Waals surface area contributed by atoms with E-state index in [1.54, 1.807) is 12.2 Å². The Hall–Kier alpha value is -2.65. The Morgan fingerprint density at radius 3 is 2.53 bits per heavy atom. The second kappa shape index (κ2) is 16.2. The highest BCUT2D eigenvalue weighted by atomic mass is 16.3. The van der Waals surface area contributed by atoms with Crippen molar-refractivity contribution in [3.05, 3.63) is 96.2 Å². The minimum atomic E-state index is -0.396. The molecule has 30 heavy (non-hydrogen) atoms. The maximum absolute atomic E-state index is 12.3. The SMILES string of the molecule is CCC/C=C/CC1/C=C/C=C(C)/C=C/C=C\CC(O)C/C=C(C)/C=C/C=C/C(=O)N1. The van der Waals surface area contributed by atoms with Crippen LogP contribution >= 0.6 is 0 Å². The first-order valence-electron chi connectivity index (χ1n) is 10.8. The largest absolute Gasteiger partial charge is 0.392 e. The zero-order valence-corrected chi connectivity index (χ0v) is 18.6. The number of allylic oxidation sites excluding steroid dienone is 11. The first-order valence-corrected chi connectivity index (χ1v) is 10.8. The average Bonchev–Trinajstić information content (AvgIpc) is 2.71. The van der Waals surface area contributed by atoms with Crippen LogP contribution in [0, 0.1) is 0 Å². The lowest BCUT2D eigenvalue weighted by atomic mass is 10.1. The molecule has 1 aliphatic rings. The molecule has 0 aliphatic carbocycles. The van der Waals surface area contributed by atoms with Gasteiger partial charge in [-0.25, -0.2) is 0 Å². The summed E-state index contributed by atoms with van der Waals surface area (Å²) < 4.78 is 0. The third kappa shape index (κ3) is 13.5. The Morgan fingerprint density at radius 2 is 1.73 bits per heavy atom. The van der Waals surface area contributed by atoms with Crippen molar-refractivity contribution in [3.8, 4) is 0 Å². The Balaban J connectivity index is 2.97. The van der Waals surface area contributed by atoms with Gasteiger partial charge in [0.25, 0.3) is 0 Å². The molecule has 0 spiro atoms. The Kier molecular flexibility index (Phi) is 13.7. The molecule has 0 radical (unpaired) electrons. The van der Waals surface area contributed by atoms with Gasteiger partial charge in [0.05, 0.1) is 12.1 Å². The fourth-order valence-corrected chi connectivity index (χ4v) is 2.70. The van der Waals surface area contributed by atoms with Crippen LogP contribution in [0.15, 0.2) is 96.2 Å². The van der Waals surface area contributed by atoms with Crippen LogP contribution in [0.1, 0.15) is 52.9 Å². The van der Waals surface area contributed by atoms with Crippen molar-refractivity contribution in [2.75, 3.05) is 0 Å². The summed E-state index contributed by atoms with van der Waals surface area (Å²) in [6, 6.07) is -0.0547. The molecule has 2 unspecified atom stereocenters. The highest BCUT2D eigenvalue weighted by molar-refractivity contribution is 5.88. The first-order chi connectivity index (χ1) is 14.5. The van der Waals surface area contributed by atoms with Gasteiger partial charge in [0.15, 0.2) is 0 Å². The molecular weight excluding hydrogens is 370 g/mol. The molecule has 2 atom stereocenters. The molecule has 1 rings (SSSR count). The molecule has 162 valence electrons. The number of unbranched alkanes of at least 4 members (excludes halogenated alkanes) is 1. The Morgan fingerprint density at radius 1 is 1.00 bits per heavy atom. The van der Waals surface area contributed by atoms with Crippen LogP contribution in [-0.4, -0.2) is 23.2 Å². The predicted octanol–water partition coefficient (Wildman–Crippen LogP) is 6.05. The van der Waals surface area contributed by atoms with E-state index in [2.05, 4.69) is 24.4 Å². The lowest BCUT2D eigenvalue weighted by molar-refractivity contribution is -0.116. The van der Waals surface area contributed by atoms with Gasteiger partial charge in [-0.05, 0) is 39.5 Å². The highest BCUT2D eigenvalue weighted by Gasteiger charge is 2.04. The molecule has 0 aromatic carbocycles. The molecule has 0 aromatic rings. The number of hydrogen-bond donors (Lipinski definition) is 2. The van der Waals surface area contributed by atoms with Gasteiger partial charge in [-0.1, -0.05) is 103 Å². The minimum absolute atomic E-state index is 0.0547. The quantitative estimate of drug-likeness (QED) is 0.558. The molecule has 0 bridgehead atoms. The topological polar surface area (TPSA) is 49.3 Å². The van der Waals surface area contributed by atoms with Crippen LogP contribution in [0.25, 0.3) is 0 Å². The average molecular weight is 408 g/mol. The third-order valence-corrected chi connectivity index (χ3v) is 4.49. The molecular formula is C27H37NO2. The molecule has 2 N–H and O–H groups in total. The van der Waals surface area contributed by atoms with Crippen LogP contribution < -0.4 is 5.32 Å². The summed E-state index contributed by atoms with van der Waals surface area (Å²) in [4.78, 5) is 12.3. The van der Waals surface area contributed by atoms with Crippen LogP contribution in [-0.2, 0) is 4.79 Å². The fourth-order valence-electron chi connectivity index (χ4n) is 2.70. The maximum atomic E-state index is 12.3. The summed E-state index contributed by atoms with van der Waals surface area (Å²) in [5.74, 6) is -0.115. The molecule has 0 saturated heterocycles. The molecule has 3 nitrogen and oxygen atoms in total. The van der Waals surface area contributed by atoms with Crippen molar-refractivity contribution in [2.24, 2.45) is 0 Å². The monoisotopic (exact) mass is 407 g/mol. The first kappa shape index (κ1) is 25.4. The second-order valence-electron chi connectivity index (χ2n) is 7.49. The summed E-state index contributed by atoms with van der Waals surface area (Å²) in [6.45, 7) is 6.17. The minimum Gasteiger partial charge on any atom is -0.392 e. The van der Waals surface area contributed by atoms with E-state index in [4.69, 9.17) is 0 Å². The molecule has 1 heterocycles. The zero-order valence-electron chi connectivity index (χ0n) is 18.6. The van der Waals surface area contributed by atoms with Gasteiger partial charge in [0.2, 0.25) is 5.91 Å². The number of carbonyl (C=O) groups is 1. The number of aliphatic hydroxyl groups is 1. The summed E-state index contributed by atoms with van der Waals surface area (Å²) in [5, 5.41) is 13.1. The van der Waals surface area contributed by atoms with Crippen LogP contribution in [0.5, 0.6) is 0 Å². The van der Waals surface area contributed by atoms with E-state index in [1.165, 1.54) is 0 Å². The number of hydrogen-bond acceptors (Lipinski definition) is 2. The van der Waals surface area contributed by atoms with Crippen molar-refractivity contribution in [1.29, 1.82) is 0 Å². The van der Waals surface area contributed by atoms with Crippen molar-refractivity contribution < 1.29 is 9.90 Å². The smallest absolute Gasteiger partial charge is 0.244 e. The van der Waals surface area contributed by atoms with E-state index in [1.807, 2.05) is 74.6 Å². The van der Waals surface area contributed by atoms with Gasteiger partial charge < -0.3 is 10.4 Å². The van der Waals surface area contributed by atoms with Crippen LogP contribution in [0.4, 0.5) is 0 Å². The Labute approximate surface area is 182 Å². The van der Waals surface area contributed by atoms with E-state index in [0.29, 0.717) is 12.8 Å². The van der Waals surface area contributed by atoms with Crippen molar-refractivity contribution in [1.82, 2.24) is 5.32 Å². The Bertz CT molecular complexity index is 745. The maximum Gasteiger partial charge on any atom is 0.244 e. The van der Waals surface area contributed by atoms with Gasteiger partial charge in [-0.15, -0.1) is 0 Å². The predicted molar refractivity (Wildman–Crippen MR) is 129 cm³/mol. The number of amides is 1. The van der Waals surface area contributed by atoms with E-state index >= 15 is 0 Å². The molecule has 0 fully saturated rings. The fraction of sp³-hybridized carbons (Fsp3) is 0.370. The van der Waals surface area contributed by atoms with Gasteiger partial charge in [-0.2, -0.15) is 0 Å². The number of nitrogens with one attached hydrogen (secondary N) is 1. The van der Waals surface area contributed by atoms with Gasteiger partial charge in [-0.3, -0.25) is 4.79 Å². The van der Waals surface area contributed by atoms with Gasteiger partial charge >= 0.3 is 0 Å². The zero-order chi connectivity index (χ0) is 22.0. The van der Waals surface area contributed by atoms with E-state index in [9.17, 15) is 9.90 Å². The number of aliphatic hydroxyl groups excluding tert-OH is 1. The summed E-state index contributed by atoms with van der Waals surface area (Å²) >= 11 is 0. The van der Waals surface area contributed by atoms with E-state index in [-0.39, 0.29) is 11.9 Å². The van der Waals surface area contributed by atoms with Crippen LogP contribution in [0.3, 0.4) is 0 Å². The second-order valence-corrected chi connectivity index (χ2v) is 7.49. The molecule has 3 heteroatoms. The molecule has 0 saturated carbocycles. The van der Waals surface area contributed by atoms with Crippen LogP contribution in [0.2, 0.25) is 0 Å². The van der Waals surface area contributed by atoms with E-state index < -0.39 is 6.10 Å². The van der Waals surface area contributed by atoms with Crippen molar-refractivity contribution in [2.45, 2.75) is 65.0 Å². The highest BCUT2D eigenvalue weighted by Crippen LogP contribution is 2.06. The van der Waals surface area contributed by atoms with Crippen molar-refractivity contribution >= 4 is 5.91 Å². The third-order valence-electron chi connectivity index (χ3n) is 4.49. The van der Waals surface area contributed by atoms with Crippen molar-refractivity contribution in [3.63, 3.8) is 0 Å². The number of rotatable bonds is 4.